The van der Waals surface area contributed by atoms with Crippen LogP contribution >= 0.6 is 0 Å². The molecule has 0 aromatic carbocycles. The summed E-state index contributed by atoms with van der Waals surface area (Å²) in [6.07, 6.45) is 1.35. The van der Waals surface area contributed by atoms with E-state index >= 15 is 0 Å². The highest BCUT2D eigenvalue weighted by atomic mass is 16.3. The second kappa shape index (κ2) is 7.65. The molecule has 0 aliphatic rings. The van der Waals surface area contributed by atoms with Crippen LogP contribution in [0.3, 0.4) is 0 Å². The Labute approximate surface area is 92.4 Å². The Hall–Kier alpha value is -0.610. The Kier molecular flexibility index (Phi) is 7.34. The number of carbonyl (C=O) groups excluding carboxylic acids is 1. The van der Waals surface area contributed by atoms with Crippen LogP contribution in [0, 0.1) is 5.92 Å². The third kappa shape index (κ3) is 5.74. The molecule has 4 nitrogen and oxygen atoms in total. The van der Waals surface area contributed by atoms with Gasteiger partial charge in [0.05, 0.1) is 6.61 Å². The van der Waals surface area contributed by atoms with Gasteiger partial charge in [-0.05, 0) is 32.7 Å². The van der Waals surface area contributed by atoms with Gasteiger partial charge >= 0.3 is 0 Å². The predicted molar refractivity (Wildman–Crippen MR) is 61.4 cm³/mol. The maximum atomic E-state index is 11.8. The molecule has 4 heteroatoms. The molecule has 3 N–H and O–H groups in total. The number of aliphatic hydroxyl groups is 1. The van der Waals surface area contributed by atoms with Crippen molar-refractivity contribution in [2.24, 2.45) is 11.7 Å². The smallest absolute Gasteiger partial charge is 0.222 e. The van der Waals surface area contributed by atoms with Crippen LogP contribution in [0.5, 0.6) is 0 Å². The van der Waals surface area contributed by atoms with Gasteiger partial charge in [-0.25, -0.2) is 0 Å². The Morgan fingerprint density at radius 3 is 2.40 bits per heavy atom. The van der Waals surface area contributed by atoms with E-state index < -0.39 is 0 Å². The van der Waals surface area contributed by atoms with Gasteiger partial charge in [0.1, 0.15) is 0 Å². The lowest BCUT2D eigenvalue weighted by atomic mass is 10.1. The minimum Gasteiger partial charge on any atom is -0.395 e. The minimum absolute atomic E-state index is 0.0242. The molecular formula is C11H24N2O2. The Morgan fingerprint density at radius 2 is 2.00 bits per heavy atom. The predicted octanol–water partition coefficient (Wildman–Crippen LogP) is 0.591. The zero-order chi connectivity index (χ0) is 11.8. The molecule has 1 atom stereocenters. The van der Waals surface area contributed by atoms with Gasteiger partial charge in [0.2, 0.25) is 5.91 Å². The average molecular weight is 216 g/mol. The molecule has 1 unspecified atom stereocenters. The van der Waals surface area contributed by atoms with Crippen LogP contribution in [0.25, 0.3) is 0 Å². The van der Waals surface area contributed by atoms with Crippen LogP contribution in [-0.4, -0.2) is 41.7 Å². The lowest BCUT2D eigenvalue weighted by molar-refractivity contribution is -0.133. The van der Waals surface area contributed by atoms with Gasteiger partial charge in [-0.15, -0.1) is 0 Å². The molecule has 15 heavy (non-hydrogen) atoms. The molecule has 1 amide bonds. The van der Waals surface area contributed by atoms with Crippen LogP contribution in [0.1, 0.15) is 33.6 Å². The zero-order valence-corrected chi connectivity index (χ0v) is 10.1. The van der Waals surface area contributed by atoms with E-state index in [1.54, 1.807) is 4.90 Å². The third-order valence-corrected chi connectivity index (χ3v) is 2.54. The van der Waals surface area contributed by atoms with E-state index in [1.165, 1.54) is 0 Å². The van der Waals surface area contributed by atoms with Crippen molar-refractivity contribution < 1.29 is 9.90 Å². The molecule has 0 bridgehead atoms. The topological polar surface area (TPSA) is 66.6 Å². The summed E-state index contributed by atoms with van der Waals surface area (Å²) in [6.45, 7) is 7.03. The fourth-order valence-electron chi connectivity index (χ4n) is 1.41. The highest BCUT2D eigenvalue weighted by Gasteiger charge is 2.16. The lowest BCUT2D eigenvalue weighted by Crippen LogP contribution is -2.39. The molecular weight excluding hydrogens is 192 g/mol. The molecule has 90 valence electrons. The van der Waals surface area contributed by atoms with E-state index in [9.17, 15) is 4.79 Å². The molecule has 0 saturated heterocycles. The molecule has 0 heterocycles. The number of nitrogens with two attached hydrogens (primary N) is 1. The van der Waals surface area contributed by atoms with Crippen molar-refractivity contribution in [1.29, 1.82) is 0 Å². The van der Waals surface area contributed by atoms with Gasteiger partial charge < -0.3 is 15.7 Å². The van der Waals surface area contributed by atoms with E-state index in [0.717, 1.165) is 6.42 Å². The fraction of sp³-hybridized carbons (Fsp3) is 0.909. The van der Waals surface area contributed by atoms with Gasteiger partial charge in [-0.1, -0.05) is 6.92 Å². The van der Waals surface area contributed by atoms with Gasteiger partial charge in [0.15, 0.2) is 0 Å². The molecule has 0 aromatic heterocycles. The van der Waals surface area contributed by atoms with Gasteiger partial charge in [-0.3, -0.25) is 4.79 Å². The number of rotatable bonds is 7. The van der Waals surface area contributed by atoms with Crippen molar-refractivity contribution in [3.05, 3.63) is 0 Å². The Balaban J connectivity index is 4.03. The molecule has 0 rings (SSSR count). The summed E-state index contributed by atoms with van der Waals surface area (Å²) in [5.41, 5.74) is 5.49. The van der Waals surface area contributed by atoms with Crippen molar-refractivity contribution in [3.8, 4) is 0 Å². The zero-order valence-electron chi connectivity index (χ0n) is 10.1. The second-order valence-electron chi connectivity index (χ2n) is 4.28. The van der Waals surface area contributed by atoms with Crippen molar-refractivity contribution in [3.63, 3.8) is 0 Å². The normalized spacial score (nSPS) is 12.9. The van der Waals surface area contributed by atoms with E-state index in [2.05, 4.69) is 0 Å². The molecule has 0 radical (unpaired) electrons. The van der Waals surface area contributed by atoms with Gasteiger partial charge in [0, 0.05) is 19.0 Å². The van der Waals surface area contributed by atoms with Crippen LogP contribution in [0.4, 0.5) is 0 Å². The summed E-state index contributed by atoms with van der Waals surface area (Å²) < 4.78 is 0. The minimum atomic E-state index is 0.0242. The van der Waals surface area contributed by atoms with Crippen LogP contribution in [0.15, 0.2) is 0 Å². The summed E-state index contributed by atoms with van der Waals surface area (Å²) in [5, 5.41) is 8.84. The summed E-state index contributed by atoms with van der Waals surface area (Å²) in [5.74, 6) is 0.497. The molecule has 0 spiro atoms. The van der Waals surface area contributed by atoms with E-state index in [1.807, 2.05) is 20.8 Å². The second-order valence-corrected chi connectivity index (χ2v) is 4.28. The van der Waals surface area contributed by atoms with Crippen molar-refractivity contribution in [2.45, 2.75) is 39.7 Å². The maximum absolute atomic E-state index is 11.8. The molecule has 0 fully saturated rings. The van der Waals surface area contributed by atoms with Crippen molar-refractivity contribution in [1.82, 2.24) is 4.90 Å². The number of carbonyl (C=O) groups is 1. The van der Waals surface area contributed by atoms with Gasteiger partial charge in [-0.2, -0.15) is 0 Å². The van der Waals surface area contributed by atoms with Crippen molar-refractivity contribution >= 4 is 5.91 Å². The van der Waals surface area contributed by atoms with E-state index in [4.69, 9.17) is 10.8 Å². The number of amides is 1. The Morgan fingerprint density at radius 1 is 1.40 bits per heavy atom. The van der Waals surface area contributed by atoms with Crippen LogP contribution < -0.4 is 5.73 Å². The first-order valence-corrected chi connectivity index (χ1v) is 5.63. The first-order chi connectivity index (χ1) is 7.02. The van der Waals surface area contributed by atoms with E-state index in [0.29, 0.717) is 25.4 Å². The number of nitrogens with zero attached hydrogens (tertiary/aromatic N) is 1. The first-order valence-electron chi connectivity index (χ1n) is 5.63. The quantitative estimate of drug-likeness (QED) is 0.654. The van der Waals surface area contributed by atoms with Crippen LogP contribution in [0.2, 0.25) is 0 Å². The standard InChI is InChI=1S/C11H24N2O2/c1-9(2)13(6-7-14)11(15)5-4-10(3)8-12/h9-10,14H,4-8,12H2,1-3H3. The third-order valence-electron chi connectivity index (χ3n) is 2.54. The summed E-state index contributed by atoms with van der Waals surface area (Å²) in [6, 6.07) is 0.151. The SMILES string of the molecule is CC(CN)CCC(=O)N(CCO)C(C)C. The number of hydrogen-bond donors (Lipinski definition) is 2. The molecule has 0 aromatic rings. The summed E-state index contributed by atoms with van der Waals surface area (Å²) >= 11 is 0. The first kappa shape index (κ1) is 14.4. The van der Waals surface area contributed by atoms with Gasteiger partial charge in [0.25, 0.3) is 0 Å². The maximum Gasteiger partial charge on any atom is 0.222 e. The number of aliphatic hydroxyl groups excluding tert-OH is 1. The molecule has 0 aliphatic heterocycles. The highest BCUT2D eigenvalue weighted by Crippen LogP contribution is 2.08. The molecule has 0 saturated carbocycles. The van der Waals surface area contributed by atoms with E-state index in [-0.39, 0.29) is 18.6 Å². The summed E-state index contributed by atoms with van der Waals surface area (Å²) in [4.78, 5) is 13.5. The number of hydrogen-bond acceptors (Lipinski definition) is 3. The summed E-state index contributed by atoms with van der Waals surface area (Å²) in [7, 11) is 0. The molecule has 0 aliphatic carbocycles. The Bertz CT molecular complexity index is 183. The monoisotopic (exact) mass is 216 g/mol. The average Bonchev–Trinajstić information content (AvgIpc) is 2.21. The fourth-order valence-corrected chi connectivity index (χ4v) is 1.41. The largest absolute Gasteiger partial charge is 0.395 e. The van der Waals surface area contributed by atoms with Crippen LogP contribution in [-0.2, 0) is 4.79 Å². The lowest BCUT2D eigenvalue weighted by Gasteiger charge is -2.26. The van der Waals surface area contributed by atoms with Crippen molar-refractivity contribution in [2.75, 3.05) is 19.7 Å². The highest BCUT2D eigenvalue weighted by molar-refractivity contribution is 5.76.